The molecular formula is C19H20BrN2O3+. The fraction of sp³-hybridized carbons (Fsp3) is 0.316. The van der Waals surface area contributed by atoms with Crippen LogP contribution < -0.4 is 9.64 Å². The Kier molecular flexibility index (Phi) is 4.27. The van der Waals surface area contributed by atoms with Crippen LogP contribution in [0.4, 0.5) is 5.69 Å². The summed E-state index contributed by atoms with van der Waals surface area (Å²) in [7, 11) is 1.66. The summed E-state index contributed by atoms with van der Waals surface area (Å²) in [6.45, 7) is 2.22. The third-order valence-electron chi connectivity index (χ3n) is 4.83. The van der Waals surface area contributed by atoms with Crippen LogP contribution in [0.15, 0.2) is 53.0 Å². The highest BCUT2D eigenvalue weighted by Gasteiger charge is 2.52. The van der Waals surface area contributed by atoms with Gasteiger partial charge in [-0.1, -0.05) is 28.1 Å². The molecule has 2 aromatic carbocycles. The summed E-state index contributed by atoms with van der Waals surface area (Å²) in [5.74, 6) is 1.80. The van der Waals surface area contributed by atoms with E-state index in [4.69, 9.17) is 9.47 Å². The summed E-state index contributed by atoms with van der Waals surface area (Å²) in [4.78, 5) is 2.13. The molecule has 1 N–H and O–H groups in total. The molecule has 0 aromatic heterocycles. The zero-order chi connectivity index (χ0) is 17.4. The minimum Gasteiger partial charge on any atom is -0.497 e. The van der Waals surface area contributed by atoms with Crippen molar-refractivity contribution in [3.63, 3.8) is 0 Å². The molecule has 2 aliphatic heterocycles. The van der Waals surface area contributed by atoms with Gasteiger partial charge in [-0.05, 0) is 36.4 Å². The first-order valence-corrected chi connectivity index (χ1v) is 9.02. The number of hydrogen-bond donors (Lipinski definition) is 1. The standard InChI is InChI=1S/C19H20BrN2O3/c1-24-17-8-6-16(7-9-17)21-13-19(23,14-2-4-15(20)5-3-14)22-10-11-25-12-18(21)22/h2-9,23H,10-13H2,1H3/q+1. The Morgan fingerprint density at radius 3 is 2.56 bits per heavy atom. The van der Waals surface area contributed by atoms with Crippen LogP contribution in [0.1, 0.15) is 5.56 Å². The Labute approximate surface area is 155 Å². The lowest BCUT2D eigenvalue weighted by molar-refractivity contribution is -0.663. The van der Waals surface area contributed by atoms with Crippen LogP contribution in [0.3, 0.4) is 0 Å². The van der Waals surface area contributed by atoms with Gasteiger partial charge in [-0.15, -0.1) is 0 Å². The summed E-state index contributed by atoms with van der Waals surface area (Å²) in [5, 5.41) is 11.5. The van der Waals surface area contributed by atoms with Gasteiger partial charge in [0.05, 0.1) is 13.7 Å². The molecule has 1 atom stereocenters. The largest absolute Gasteiger partial charge is 0.497 e. The lowest BCUT2D eigenvalue weighted by atomic mass is 10.0. The van der Waals surface area contributed by atoms with E-state index in [0.29, 0.717) is 26.3 Å². The zero-order valence-corrected chi connectivity index (χ0v) is 15.6. The van der Waals surface area contributed by atoms with E-state index in [1.165, 1.54) is 0 Å². The number of aliphatic hydroxyl groups is 1. The molecule has 2 aromatic rings. The van der Waals surface area contributed by atoms with E-state index >= 15 is 0 Å². The van der Waals surface area contributed by atoms with Crippen molar-refractivity contribution in [2.24, 2.45) is 0 Å². The first kappa shape index (κ1) is 16.6. The smallest absolute Gasteiger partial charge is 0.281 e. The number of methoxy groups -OCH3 is 1. The first-order valence-electron chi connectivity index (χ1n) is 8.23. The van der Waals surface area contributed by atoms with Crippen molar-refractivity contribution in [3.8, 4) is 5.75 Å². The number of β-amino-alcohol motifs (C(OH)–C–C–N with tert-alkyl or cyclic N) is 1. The van der Waals surface area contributed by atoms with Gasteiger partial charge >= 0.3 is 0 Å². The number of halogens is 1. The third kappa shape index (κ3) is 2.84. The quantitative estimate of drug-likeness (QED) is 0.799. The van der Waals surface area contributed by atoms with Crippen molar-refractivity contribution in [1.82, 2.24) is 0 Å². The SMILES string of the molecule is COc1ccc(N2CC(O)(c3ccc(Br)cc3)[N+]3=C2COCC3)cc1. The van der Waals surface area contributed by atoms with Gasteiger partial charge in [0.15, 0.2) is 6.54 Å². The van der Waals surface area contributed by atoms with E-state index in [2.05, 4.69) is 25.4 Å². The molecule has 0 aliphatic carbocycles. The van der Waals surface area contributed by atoms with Gasteiger partial charge in [-0.3, -0.25) is 0 Å². The average Bonchev–Trinajstić information content (AvgIpc) is 2.97. The van der Waals surface area contributed by atoms with E-state index in [0.717, 1.165) is 27.3 Å². The predicted molar refractivity (Wildman–Crippen MR) is 99.3 cm³/mol. The van der Waals surface area contributed by atoms with E-state index in [9.17, 15) is 5.11 Å². The molecule has 130 valence electrons. The van der Waals surface area contributed by atoms with E-state index in [-0.39, 0.29) is 0 Å². The summed E-state index contributed by atoms with van der Waals surface area (Å²) in [5.41, 5.74) is 0.824. The Balaban J connectivity index is 1.75. The molecule has 6 heteroatoms. The van der Waals surface area contributed by atoms with Gasteiger partial charge in [0.2, 0.25) is 0 Å². The van der Waals surface area contributed by atoms with Crippen LogP contribution in [0, 0.1) is 0 Å². The molecule has 0 amide bonds. The van der Waals surface area contributed by atoms with Crippen molar-refractivity contribution in [3.05, 3.63) is 58.6 Å². The number of amidine groups is 1. The highest BCUT2D eigenvalue weighted by Crippen LogP contribution is 2.34. The topological polar surface area (TPSA) is 44.9 Å². The molecule has 1 unspecified atom stereocenters. The number of ether oxygens (including phenoxy) is 2. The first-order chi connectivity index (χ1) is 12.1. The second-order valence-corrected chi connectivity index (χ2v) is 7.14. The van der Waals surface area contributed by atoms with Crippen molar-refractivity contribution < 1.29 is 19.2 Å². The van der Waals surface area contributed by atoms with Crippen LogP contribution in [-0.2, 0) is 10.5 Å². The molecule has 0 bridgehead atoms. The van der Waals surface area contributed by atoms with Gasteiger partial charge in [0, 0.05) is 10.0 Å². The molecule has 25 heavy (non-hydrogen) atoms. The lowest BCUT2D eigenvalue weighted by Crippen LogP contribution is -2.43. The maximum atomic E-state index is 11.5. The highest BCUT2D eigenvalue weighted by molar-refractivity contribution is 9.10. The molecule has 4 rings (SSSR count). The zero-order valence-electron chi connectivity index (χ0n) is 14.0. The van der Waals surface area contributed by atoms with Gasteiger partial charge in [-0.2, -0.15) is 0 Å². The van der Waals surface area contributed by atoms with Crippen LogP contribution in [-0.4, -0.2) is 48.9 Å². The number of nitrogens with zero attached hydrogens (tertiary/aromatic N) is 2. The van der Waals surface area contributed by atoms with Gasteiger partial charge in [-0.25, -0.2) is 9.48 Å². The van der Waals surface area contributed by atoms with Crippen LogP contribution in [0.5, 0.6) is 5.75 Å². The fourth-order valence-corrected chi connectivity index (χ4v) is 3.78. The molecule has 2 aliphatic rings. The molecule has 0 fully saturated rings. The van der Waals surface area contributed by atoms with Crippen molar-refractivity contribution in [2.75, 3.05) is 38.3 Å². The summed E-state index contributed by atoms with van der Waals surface area (Å²) < 4.78 is 14.0. The minimum absolute atomic E-state index is 0.458. The third-order valence-corrected chi connectivity index (χ3v) is 5.36. The van der Waals surface area contributed by atoms with Gasteiger partial charge < -0.3 is 14.6 Å². The Morgan fingerprint density at radius 2 is 1.88 bits per heavy atom. The van der Waals surface area contributed by atoms with Gasteiger partial charge in [0.25, 0.3) is 11.6 Å². The maximum absolute atomic E-state index is 11.5. The Bertz CT molecular complexity index is 804. The van der Waals surface area contributed by atoms with Crippen molar-refractivity contribution in [1.29, 1.82) is 0 Å². The number of benzene rings is 2. The molecule has 2 heterocycles. The van der Waals surface area contributed by atoms with Crippen molar-refractivity contribution >= 4 is 27.5 Å². The normalized spacial score (nSPS) is 22.9. The molecular weight excluding hydrogens is 384 g/mol. The van der Waals surface area contributed by atoms with Crippen LogP contribution >= 0.6 is 15.9 Å². The fourth-order valence-electron chi connectivity index (χ4n) is 3.51. The molecule has 0 spiro atoms. The molecule has 5 nitrogen and oxygen atoms in total. The van der Waals surface area contributed by atoms with E-state index in [1.54, 1.807) is 7.11 Å². The summed E-state index contributed by atoms with van der Waals surface area (Å²) in [6, 6.07) is 15.7. The molecule has 0 saturated heterocycles. The van der Waals surface area contributed by atoms with E-state index in [1.807, 2.05) is 48.5 Å². The monoisotopic (exact) mass is 403 g/mol. The molecule has 0 radical (unpaired) electrons. The Morgan fingerprint density at radius 1 is 1.16 bits per heavy atom. The maximum Gasteiger partial charge on any atom is 0.281 e. The van der Waals surface area contributed by atoms with Gasteiger partial charge in [0.1, 0.15) is 24.6 Å². The summed E-state index contributed by atoms with van der Waals surface area (Å²) >= 11 is 3.46. The van der Waals surface area contributed by atoms with E-state index < -0.39 is 5.72 Å². The number of hydrogen-bond acceptors (Lipinski definition) is 4. The van der Waals surface area contributed by atoms with Crippen LogP contribution in [0.25, 0.3) is 0 Å². The second kappa shape index (κ2) is 6.44. The highest BCUT2D eigenvalue weighted by atomic mass is 79.9. The lowest BCUT2D eigenvalue weighted by Gasteiger charge is -2.24. The number of anilines is 1. The van der Waals surface area contributed by atoms with Crippen LogP contribution in [0.2, 0.25) is 0 Å². The Hall–Kier alpha value is -1.89. The summed E-state index contributed by atoms with van der Waals surface area (Å²) in [6.07, 6.45) is 0. The number of rotatable bonds is 3. The van der Waals surface area contributed by atoms with Crippen molar-refractivity contribution in [2.45, 2.75) is 5.72 Å². The minimum atomic E-state index is -1.07. The molecule has 0 saturated carbocycles. The average molecular weight is 404 g/mol. The second-order valence-electron chi connectivity index (χ2n) is 6.23. The predicted octanol–water partition coefficient (Wildman–Crippen LogP) is 2.56.